The first kappa shape index (κ1) is 15.1. The SMILES string of the molecule is CC(C)(C)c1ccc(C(C)(C)C)c2c1CC1CCCCC21. The Morgan fingerprint density at radius 2 is 1.38 bits per heavy atom. The van der Waals surface area contributed by atoms with Crippen molar-refractivity contribution in [2.45, 2.75) is 90.4 Å². The van der Waals surface area contributed by atoms with Gasteiger partial charge in [0, 0.05) is 0 Å². The Kier molecular flexibility index (Phi) is 3.50. The molecule has 1 fully saturated rings. The van der Waals surface area contributed by atoms with Crippen LogP contribution in [0.4, 0.5) is 0 Å². The minimum atomic E-state index is 0.271. The predicted octanol–water partition coefficient (Wildman–Crippen LogP) is 6.11. The maximum atomic E-state index is 2.45. The van der Waals surface area contributed by atoms with Crippen molar-refractivity contribution in [3.05, 3.63) is 34.4 Å². The van der Waals surface area contributed by atoms with E-state index in [0.717, 1.165) is 11.8 Å². The molecule has 1 aromatic rings. The highest BCUT2D eigenvalue weighted by molar-refractivity contribution is 5.52. The van der Waals surface area contributed by atoms with E-state index >= 15 is 0 Å². The third-order valence-corrected chi connectivity index (χ3v) is 5.72. The summed E-state index contributed by atoms with van der Waals surface area (Å²) in [5.41, 5.74) is 7.27. The predicted molar refractivity (Wildman–Crippen MR) is 92.2 cm³/mol. The second-order valence-electron chi connectivity index (χ2n) is 9.41. The van der Waals surface area contributed by atoms with Crippen molar-refractivity contribution in [2.75, 3.05) is 0 Å². The summed E-state index contributed by atoms with van der Waals surface area (Å²) in [6, 6.07) is 4.90. The van der Waals surface area contributed by atoms with Crippen LogP contribution in [-0.4, -0.2) is 0 Å². The average molecular weight is 284 g/mol. The molecule has 0 nitrogen and oxygen atoms in total. The molecule has 1 saturated carbocycles. The standard InChI is InChI=1S/C21H32/c1-20(2,3)17-11-12-18(21(4,5)6)19-15-10-8-7-9-14(15)13-16(17)19/h11-12,14-15H,7-10,13H2,1-6H3. The van der Waals surface area contributed by atoms with Crippen molar-refractivity contribution < 1.29 is 0 Å². The first-order valence-corrected chi connectivity index (χ1v) is 8.86. The van der Waals surface area contributed by atoms with Gasteiger partial charge in [-0.2, -0.15) is 0 Å². The van der Waals surface area contributed by atoms with Gasteiger partial charge in [0.25, 0.3) is 0 Å². The molecule has 2 aliphatic carbocycles. The van der Waals surface area contributed by atoms with Gasteiger partial charge in [-0.15, -0.1) is 0 Å². The summed E-state index contributed by atoms with van der Waals surface area (Å²) in [6.07, 6.45) is 7.10. The van der Waals surface area contributed by atoms with Gasteiger partial charge in [-0.25, -0.2) is 0 Å². The van der Waals surface area contributed by atoms with E-state index in [0.29, 0.717) is 0 Å². The third kappa shape index (κ3) is 2.56. The minimum Gasteiger partial charge on any atom is -0.0579 e. The number of benzene rings is 1. The van der Waals surface area contributed by atoms with Crippen molar-refractivity contribution in [2.24, 2.45) is 5.92 Å². The normalized spacial score (nSPS) is 25.6. The number of hydrogen-bond acceptors (Lipinski definition) is 0. The van der Waals surface area contributed by atoms with E-state index in [1.165, 1.54) is 32.1 Å². The van der Waals surface area contributed by atoms with Crippen molar-refractivity contribution >= 4 is 0 Å². The highest BCUT2D eigenvalue weighted by Crippen LogP contribution is 2.52. The molecule has 0 heteroatoms. The fourth-order valence-electron chi connectivity index (χ4n) is 4.76. The zero-order valence-corrected chi connectivity index (χ0v) is 14.8. The molecule has 0 amide bonds. The fraction of sp³-hybridized carbons (Fsp3) is 0.714. The molecule has 0 aromatic heterocycles. The van der Waals surface area contributed by atoms with Gasteiger partial charge in [-0.1, -0.05) is 66.5 Å². The lowest BCUT2D eigenvalue weighted by molar-refractivity contribution is 0.327. The fourth-order valence-corrected chi connectivity index (χ4v) is 4.76. The first-order valence-electron chi connectivity index (χ1n) is 8.86. The van der Waals surface area contributed by atoms with Crippen LogP contribution in [0.5, 0.6) is 0 Å². The monoisotopic (exact) mass is 284 g/mol. The van der Waals surface area contributed by atoms with Crippen LogP contribution in [0.3, 0.4) is 0 Å². The van der Waals surface area contributed by atoms with Gasteiger partial charge in [0.1, 0.15) is 0 Å². The quantitative estimate of drug-likeness (QED) is 0.539. The molecular formula is C21H32. The Morgan fingerprint density at radius 3 is 2.00 bits per heavy atom. The summed E-state index contributed by atoms with van der Waals surface area (Å²) >= 11 is 0. The topological polar surface area (TPSA) is 0 Å². The van der Waals surface area contributed by atoms with Gasteiger partial charge in [-0.05, 0) is 64.2 Å². The van der Waals surface area contributed by atoms with Crippen LogP contribution in [-0.2, 0) is 17.3 Å². The number of rotatable bonds is 0. The molecule has 0 aliphatic heterocycles. The Balaban J connectivity index is 2.20. The first-order chi connectivity index (χ1) is 9.69. The summed E-state index contributed by atoms with van der Waals surface area (Å²) in [7, 11) is 0. The smallest absolute Gasteiger partial charge is 0.0125 e. The van der Waals surface area contributed by atoms with E-state index in [1.807, 2.05) is 0 Å². The highest BCUT2D eigenvalue weighted by atomic mass is 14.4. The molecule has 3 rings (SSSR count). The Morgan fingerprint density at radius 1 is 0.810 bits per heavy atom. The van der Waals surface area contributed by atoms with Gasteiger partial charge in [0.15, 0.2) is 0 Å². The van der Waals surface area contributed by atoms with Crippen LogP contribution >= 0.6 is 0 Å². The number of fused-ring (bicyclic) bond motifs is 3. The van der Waals surface area contributed by atoms with Crippen LogP contribution in [0, 0.1) is 5.92 Å². The molecule has 21 heavy (non-hydrogen) atoms. The van der Waals surface area contributed by atoms with E-state index in [2.05, 4.69) is 53.7 Å². The van der Waals surface area contributed by atoms with Crippen molar-refractivity contribution in [3.8, 4) is 0 Å². The van der Waals surface area contributed by atoms with E-state index in [9.17, 15) is 0 Å². The maximum Gasteiger partial charge on any atom is -0.0125 e. The van der Waals surface area contributed by atoms with Crippen LogP contribution < -0.4 is 0 Å². The lowest BCUT2D eigenvalue weighted by Crippen LogP contribution is -2.20. The summed E-state index contributed by atoms with van der Waals surface area (Å²) in [4.78, 5) is 0. The molecule has 1 aromatic carbocycles. The van der Waals surface area contributed by atoms with Crippen molar-refractivity contribution in [1.29, 1.82) is 0 Å². The summed E-state index contributed by atoms with van der Waals surface area (Å²) in [5.74, 6) is 1.78. The Labute approximate surface area is 131 Å². The molecule has 116 valence electrons. The molecule has 2 aliphatic rings. The summed E-state index contributed by atoms with van der Waals surface area (Å²) in [5, 5.41) is 0. The average Bonchev–Trinajstić information content (AvgIpc) is 2.74. The minimum absolute atomic E-state index is 0.271. The van der Waals surface area contributed by atoms with Gasteiger partial charge in [0.05, 0.1) is 0 Å². The molecule has 0 N–H and O–H groups in total. The number of hydrogen-bond donors (Lipinski definition) is 0. The Hall–Kier alpha value is -0.780. The summed E-state index contributed by atoms with van der Waals surface area (Å²) < 4.78 is 0. The molecule has 0 spiro atoms. The van der Waals surface area contributed by atoms with Gasteiger partial charge in [0.2, 0.25) is 0 Å². The maximum absolute atomic E-state index is 2.45. The lowest BCUT2D eigenvalue weighted by atomic mass is 9.73. The molecule has 2 atom stereocenters. The van der Waals surface area contributed by atoms with Crippen molar-refractivity contribution in [1.82, 2.24) is 0 Å². The molecular weight excluding hydrogens is 252 g/mol. The molecule has 0 saturated heterocycles. The lowest BCUT2D eigenvalue weighted by Gasteiger charge is -2.31. The van der Waals surface area contributed by atoms with E-state index in [1.54, 1.807) is 22.3 Å². The molecule has 0 bridgehead atoms. The molecule has 0 heterocycles. The molecule has 0 radical (unpaired) electrons. The van der Waals surface area contributed by atoms with Gasteiger partial charge >= 0.3 is 0 Å². The largest absolute Gasteiger partial charge is 0.0579 e. The highest BCUT2D eigenvalue weighted by Gasteiger charge is 2.40. The van der Waals surface area contributed by atoms with Crippen LogP contribution in [0.15, 0.2) is 12.1 Å². The zero-order chi connectivity index (χ0) is 15.4. The van der Waals surface area contributed by atoms with Gasteiger partial charge in [-0.3, -0.25) is 0 Å². The van der Waals surface area contributed by atoms with Gasteiger partial charge < -0.3 is 0 Å². The second kappa shape index (κ2) is 4.86. The van der Waals surface area contributed by atoms with E-state index < -0.39 is 0 Å². The van der Waals surface area contributed by atoms with Crippen LogP contribution in [0.2, 0.25) is 0 Å². The van der Waals surface area contributed by atoms with Crippen LogP contribution in [0.25, 0.3) is 0 Å². The van der Waals surface area contributed by atoms with E-state index in [-0.39, 0.29) is 10.8 Å². The van der Waals surface area contributed by atoms with Crippen LogP contribution in [0.1, 0.15) is 95.4 Å². The zero-order valence-electron chi connectivity index (χ0n) is 14.8. The second-order valence-corrected chi connectivity index (χ2v) is 9.41. The summed E-state index contributed by atoms with van der Waals surface area (Å²) in [6.45, 7) is 14.3. The molecule has 2 unspecified atom stereocenters. The third-order valence-electron chi connectivity index (χ3n) is 5.72. The van der Waals surface area contributed by atoms with Crippen molar-refractivity contribution in [3.63, 3.8) is 0 Å². The van der Waals surface area contributed by atoms with E-state index in [4.69, 9.17) is 0 Å². The Bertz CT molecular complexity index is 536.